The van der Waals surface area contributed by atoms with Gasteiger partial charge in [-0.25, -0.2) is 14.9 Å². The van der Waals surface area contributed by atoms with Gasteiger partial charge in [-0.15, -0.1) is 0 Å². The largest absolute Gasteiger partial charge is 0.343 e. The molecule has 3 aromatic heterocycles. The summed E-state index contributed by atoms with van der Waals surface area (Å²) in [6.45, 7) is 3.79. The molecule has 2 N–H and O–H groups in total. The molecule has 0 atom stereocenters. The number of piperidine rings is 1. The van der Waals surface area contributed by atoms with Crippen LogP contribution in [0.4, 0.5) is 0 Å². The van der Waals surface area contributed by atoms with E-state index in [0.29, 0.717) is 31.3 Å². The number of aromatic amines is 2. The van der Waals surface area contributed by atoms with Crippen molar-refractivity contribution in [2.75, 3.05) is 13.1 Å². The molecule has 0 radical (unpaired) electrons. The van der Waals surface area contributed by atoms with Crippen LogP contribution in [0.2, 0.25) is 0 Å². The fourth-order valence-corrected chi connectivity index (χ4v) is 3.59. The number of amides is 1. The highest BCUT2D eigenvalue weighted by Gasteiger charge is 2.27. The Morgan fingerprint density at radius 1 is 1.25 bits per heavy atom. The van der Waals surface area contributed by atoms with Crippen molar-refractivity contribution < 1.29 is 4.79 Å². The van der Waals surface area contributed by atoms with E-state index in [4.69, 9.17) is 0 Å². The van der Waals surface area contributed by atoms with Crippen LogP contribution in [-0.4, -0.2) is 58.8 Å². The number of aromatic nitrogens is 7. The van der Waals surface area contributed by atoms with Crippen LogP contribution < -0.4 is 5.69 Å². The molecule has 0 unspecified atom stereocenters. The third kappa shape index (κ3) is 3.57. The zero-order valence-electron chi connectivity index (χ0n) is 15.6. The van der Waals surface area contributed by atoms with Gasteiger partial charge in [0.2, 0.25) is 5.91 Å². The molecule has 1 aliphatic rings. The number of carbonyl (C=O) groups excluding carboxylic acids is 1. The number of hydrogen-bond acceptors (Lipinski definition) is 6. The van der Waals surface area contributed by atoms with E-state index in [1.54, 1.807) is 17.0 Å². The Morgan fingerprint density at radius 2 is 2.07 bits per heavy atom. The van der Waals surface area contributed by atoms with Crippen molar-refractivity contribution in [3.8, 4) is 11.4 Å². The minimum Gasteiger partial charge on any atom is -0.342 e. The molecule has 146 valence electrons. The summed E-state index contributed by atoms with van der Waals surface area (Å²) in [5.41, 5.74) is 0.630. The second-order valence-corrected chi connectivity index (χ2v) is 6.81. The topological polar surface area (TPSA) is 125 Å². The molecule has 4 rings (SSSR count). The van der Waals surface area contributed by atoms with E-state index < -0.39 is 0 Å². The first-order valence-corrected chi connectivity index (χ1v) is 9.40. The van der Waals surface area contributed by atoms with E-state index in [1.165, 1.54) is 0 Å². The first-order valence-electron chi connectivity index (χ1n) is 9.40. The number of H-pyrrole nitrogens is 2. The lowest BCUT2D eigenvalue weighted by Crippen LogP contribution is -2.39. The number of carbonyl (C=O) groups is 1. The maximum absolute atomic E-state index is 12.6. The summed E-state index contributed by atoms with van der Waals surface area (Å²) in [6, 6.07) is 3.69. The van der Waals surface area contributed by atoms with E-state index in [9.17, 15) is 9.59 Å². The first-order chi connectivity index (χ1) is 13.7. The van der Waals surface area contributed by atoms with Gasteiger partial charge in [-0.05, 0) is 31.9 Å². The highest BCUT2D eigenvalue weighted by Crippen LogP contribution is 2.26. The van der Waals surface area contributed by atoms with Crippen LogP contribution in [0.25, 0.3) is 11.4 Å². The SMILES string of the molecule is CCn1c(C2CCN(C(=O)Cc3nc(-c4cccnc4)n[nH]3)CC2)n[nH]c1=O. The molecule has 1 amide bonds. The van der Waals surface area contributed by atoms with Crippen LogP contribution in [0.1, 0.15) is 37.3 Å². The van der Waals surface area contributed by atoms with Gasteiger partial charge < -0.3 is 4.90 Å². The summed E-state index contributed by atoms with van der Waals surface area (Å²) in [5, 5.41) is 13.7. The smallest absolute Gasteiger partial charge is 0.342 e. The van der Waals surface area contributed by atoms with Gasteiger partial charge in [0.05, 0.1) is 6.42 Å². The van der Waals surface area contributed by atoms with Crippen LogP contribution in [0.5, 0.6) is 0 Å². The number of pyridine rings is 1. The van der Waals surface area contributed by atoms with E-state index >= 15 is 0 Å². The number of nitrogens with one attached hydrogen (secondary N) is 2. The van der Waals surface area contributed by atoms with Gasteiger partial charge in [-0.3, -0.25) is 19.4 Å². The summed E-state index contributed by atoms with van der Waals surface area (Å²) < 4.78 is 1.66. The second-order valence-electron chi connectivity index (χ2n) is 6.81. The number of nitrogens with zero attached hydrogens (tertiary/aromatic N) is 6. The average molecular weight is 382 g/mol. The van der Waals surface area contributed by atoms with Crippen LogP contribution in [0, 0.1) is 0 Å². The third-order valence-electron chi connectivity index (χ3n) is 5.09. The van der Waals surface area contributed by atoms with Gasteiger partial charge >= 0.3 is 5.69 Å². The lowest BCUT2D eigenvalue weighted by Gasteiger charge is -2.31. The van der Waals surface area contributed by atoms with Crippen molar-refractivity contribution in [1.82, 2.24) is 39.8 Å². The lowest BCUT2D eigenvalue weighted by molar-refractivity contribution is -0.131. The molecule has 10 heteroatoms. The highest BCUT2D eigenvalue weighted by atomic mass is 16.2. The monoisotopic (exact) mass is 382 g/mol. The Kier molecular flexibility index (Phi) is 5.00. The Morgan fingerprint density at radius 3 is 2.79 bits per heavy atom. The molecule has 0 aliphatic carbocycles. The molecule has 28 heavy (non-hydrogen) atoms. The van der Waals surface area contributed by atoms with Crippen LogP contribution >= 0.6 is 0 Å². The van der Waals surface area contributed by atoms with Crippen molar-refractivity contribution >= 4 is 5.91 Å². The second kappa shape index (κ2) is 7.75. The average Bonchev–Trinajstić information content (AvgIpc) is 3.35. The number of likely N-dealkylation sites (tertiary alicyclic amines) is 1. The van der Waals surface area contributed by atoms with Gasteiger partial charge in [-0.2, -0.15) is 10.2 Å². The Balaban J connectivity index is 1.36. The van der Waals surface area contributed by atoms with Crippen LogP contribution in [-0.2, 0) is 17.8 Å². The van der Waals surface area contributed by atoms with Crippen LogP contribution in [0.3, 0.4) is 0 Å². The van der Waals surface area contributed by atoms with Crippen molar-refractivity contribution in [2.45, 2.75) is 38.6 Å². The fourth-order valence-electron chi connectivity index (χ4n) is 3.59. The van der Waals surface area contributed by atoms with Crippen molar-refractivity contribution in [1.29, 1.82) is 0 Å². The van der Waals surface area contributed by atoms with Crippen LogP contribution in [0.15, 0.2) is 29.3 Å². The summed E-state index contributed by atoms with van der Waals surface area (Å²) in [4.78, 5) is 34.7. The van der Waals surface area contributed by atoms with Crippen molar-refractivity contribution in [2.24, 2.45) is 0 Å². The molecular formula is C18H22N8O2. The Hall–Kier alpha value is -3.30. The van der Waals surface area contributed by atoms with E-state index in [1.807, 2.05) is 24.0 Å². The molecule has 4 heterocycles. The molecule has 1 aliphatic heterocycles. The summed E-state index contributed by atoms with van der Waals surface area (Å²) >= 11 is 0. The van der Waals surface area contributed by atoms with Gasteiger partial charge in [0, 0.05) is 43.5 Å². The van der Waals surface area contributed by atoms with Gasteiger partial charge in [0.25, 0.3) is 0 Å². The molecule has 10 nitrogen and oxygen atoms in total. The maximum atomic E-state index is 12.6. The molecular weight excluding hydrogens is 360 g/mol. The minimum atomic E-state index is -0.175. The molecule has 0 spiro atoms. The highest BCUT2D eigenvalue weighted by molar-refractivity contribution is 5.78. The predicted octanol–water partition coefficient (Wildman–Crippen LogP) is 0.720. The third-order valence-corrected chi connectivity index (χ3v) is 5.09. The van der Waals surface area contributed by atoms with Gasteiger partial charge in [0.1, 0.15) is 11.6 Å². The van der Waals surface area contributed by atoms with Crippen molar-refractivity contribution in [3.63, 3.8) is 0 Å². The molecule has 1 fully saturated rings. The zero-order valence-corrected chi connectivity index (χ0v) is 15.6. The molecule has 3 aromatic rings. The standard InChI is InChI=1S/C18H22N8O2/c1-2-26-17(23-24-18(26)28)12-5-8-25(9-6-12)15(27)10-14-20-16(22-21-14)13-4-3-7-19-11-13/h3-4,7,11-12H,2,5-6,8-10H2,1H3,(H,24,28)(H,20,21,22). The predicted molar refractivity (Wildman–Crippen MR) is 100 cm³/mol. The number of rotatable bonds is 5. The summed E-state index contributed by atoms with van der Waals surface area (Å²) in [7, 11) is 0. The first kappa shape index (κ1) is 18.1. The molecule has 0 bridgehead atoms. The van der Waals surface area contributed by atoms with E-state index in [-0.39, 0.29) is 23.9 Å². The Bertz CT molecular complexity index is 998. The quantitative estimate of drug-likeness (QED) is 0.670. The van der Waals surface area contributed by atoms with Crippen molar-refractivity contribution in [3.05, 3.63) is 46.7 Å². The molecule has 0 aromatic carbocycles. The van der Waals surface area contributed by atoms with E-state index in [2.05, 4.69) is 30.4 Å². The molecule has 0 saturated carbocycles. The Labute approximate surface area is 161 Å². The van der Waals surface area contributed by atoms with Gasteiger partial charge in [0.15, 0.2) is 5.82 Å². The zero-order chi connectivity index (χ0) is 19.5. The lowest BCUT2D eigenvalue weighted by atomic mass is 9.95. The normalized spacial score (nSPS) is 15.1. The number of hydrogen-bond donors (Lipinski definition) is 2. The fraction of sp³-hybridized carbons (Fsp3) is 0.444. The van der Waals surface area contributed by atoms with Gasteiger partial charge in [-0.1, -0.05) is 0 Å². The molecule has 1 saturated heterocycles. The van der Waals surface area contributed by atoms with E-state index in [0.717, 1.165) is 24.2 Å². The summed E-state index contributed by atoms with van der Waals surface area (Å²) in [5.74, 6) is 2.06. The maximum Gasteiger partial charge on any atom is 0.343 e. The minimum absolute atomic E-state index is 0.0160. The summed E-state index contributed by atoms with van der Waals surface area (Å²) in [6.07, 6.45) is 5.12.